The van der Waals surface area contributed by atoms with E-state index in [1.807, 2.05) is 6.07 Å². The van der Waals surface area contributed by atoms with Crippen LogP contribution in [-0.2, 0) is 11.3 Å². The highest BCUT2D eigenvalue weighted by molar-refractivity contribution is 5.59. The van der Waals surface area contributed by atoms with Gasteiger partial charge in [0.1, 0.15) is 5.69 Å². The molecule has 25 heavy (non-hydrogen) atoms. The Bertz CT molecular complexity index is 697. The molecule has 1 aliphatic heterocycles. The summed E-state index contributed by atoms with van der Waals surface area (Å²) in [5.74, 6) is 1.18. The van der Waals surface area contributed by atoms with Gasteiger partial charge < -0.3 is 14.4 Å². The molecule has 1 aromatic carbocycles. The SMILES string of the molecule is Cc1ccc(-c2cc(CN3CCOC[C@@H]3[C@H]3CCC[C@H]3O)on2)cc1. The fourth-order valence-corrected chi connectivity index (χ4v) is 4.11. The molecule has 1 saturated carbocycles. The summed E-state index contributed by atoms with van der Waals surface area (Å²) >= 11 is 0. The smallest absolute Gasteiger partial charge is 0.151 e. The lowest BCUT2D eigenvalue weighted by molar-refractivity contribution is -0.0561. The molecule has 2 aromatic rings. The molecule has 0 unspecified atom stereocenters. The van der Waals surface area contributed by atoms with Gasteiger partial charge in [-0.25, -0.2) is 0 Å². The third-order valence-corrected chi connectivity index (χ3v) is 5.57. The fraction of sp³-hybridized carbons (Fsp3) is 0.550. The van der Waals surface area contributed by atoms with E-state index in [4.69, 9.17) is 9.26 Å². The van der Waals surface area contributed by atoms with Crippen LogP contribution in [0, 0.1) is 12.8 Å². The van der Waals surface area contributed by atoms with Crippen molar-refractivity contribution in [1.29, 1.82) is 0 Å². The lowest BCUT2D eigenvalue weighted by Gasteiger charge is -2.39. The number of aliphatic hydroxyl groups excluding tert-OH is 1. The highest BCUT2D eigenvalue weighted by Gasteiger charge is 2.37. The van der Waals surface area contributed by atoms with Crippen molar-refractivity contribution in [1.82, 2.24) is 10.1 Å². The van der Waals surface area contributed by atoms with Gasteiger partial charge in [-0.1, -0.05) is 41.4 Å². The van der Waals surface area contributed by atoms with Crippen LogP contribution in [0.5, 0.6) is 0 Å². The summed E-state index contributed by atoms with van der Waals surface area (Å²) in [6.07, 6.45) is 2.90. The molecule has 5 nitrogen and oxygen atoms in total. The van der Waals surface area contributed by atoms with Crippen LogP contribution in [0.1, 0.15) is 30.6 Å². The molecule has 2 heterocycles. The molecule has 2 aliphatic rings. The maximum Gasteiger partial charge on any atom is 0.151 e. The minimum Gasteiger partial charge on any atom is -0.393 e. The summed E-state index contributed by atoms with van der Waals surface area (Å²) in [5.41, 5.74) is 3.19. The zero-order valence-electron chi connectivity index (χ0n) is 14.7. The van der Waals surface area contributed by atoms with Gasteiger partial charge in [-0.15, -0.1) is 0 Å². The first-order valence-electron chi connectivity index (χ1n) is 9.23. The molecule has 1 aliphatic carbocycles. The van der Waals surface area contributed by atoms with E-state index in [1.165, 1.54) is 5.56 Å². The standard InChI is InChI=1S/C20H26N2O3/c1-14-5-7-15(8-6-14)18-11-16(25-21-18)12-22-9-10-24-13-19(22)17-3-2-4-20(17)23/h5-8,11,17,19-20,23H,2-4,9-10,12-13H2,1H3/t17-,19-,20-/m1/s1. The highest BCUT2D eigenvalue weighted by Crippen LogP contribution is 2.33. The molecule has 5 heteroatoms. The number of aryl methyl sites for hydroxylation is 1. The third-order valence-electron chi connectivity index (χ3n) is 5.57. The fourth-order valence-electron chi connectivity index (χ4n) is 4.11. The Hall–Kier alpha value is -1.69. The molecule has 0 amide bonds. The number of nitrogens with zero attached hydrogens (tertiary/aromatic N) is 2. The predicted octanol–water partition coefficient (Wildman–Crippen LogP) is 3.01. The molecule has 3 atom stereocenters. The van der Waals surface area contributed by atoms with E-state index in [0.29, 0.717) is 12.5 Å². The van der Waals surface area contributed by atoms with Crippen LogP contribution in [0.3, 0.4) is 0 Å². The van der Waals surface area contributed by atoms with Gasteiger partial charge in [-0.3, -0.25) is 4.90 Å². The van der Waals surface area contributed by atoms with Gasteiger partial charge >= 0.3 is 0 Å². The molecule has 1 N–H and O–H groups in total. The maximum absolute atomic E-state index is 10.3. The van der Waals surface area contributed by atoms with E-state index in [2.05, 4.69) is 41.2 Å². The van der Waals surface area contributed by atoms with Crippen LogP contribution < -0.4 is 0 Å². The number of benzene rings is 1. The third kappa shape index (κ3) is 3.64. The second-order valence-corrected chi connectivity index (χ2v) is 7.32. The van der Waals surface area contributed by atoms with Crippen LogP contribution in [0.4, 0.5) is 0 Å². The first-order valence-corrected chi connectivity index (χ1v) is 9.23. The van der Waals surface area contributed by atoms with Crippen molar-refractivity contribution in [3.63, 3.8) is 0 Å². The number of morpholine rings is 1. The second kappa shape index (κ2) is 7.28. The summed E-state index contributed by atoms with van der Waals surface area (Å²) in [5, 5.41) is 14.5. The lowest BCUT2D eigenvalue weighted by Crippen LogP contribution is -2.50. The van der Waals surface area contributed by atoms with E-state index in [9.17, 15) is 5.11 Å². The predicted molar refractivity (Wildman–Crippen MR) is 95.0 cm³/mol. The van der Waals surface area contributed by atoms with Crippen molar-refractivity contribution >= 4 is 0 Å². The van der Waals surface area contributed by atoms with Gasteiger partial charge in [0, 0.05) is 30.1 Å². The van der Waals surface area contributed by atoms with E-state index < -0.39 is 0 Å². The van der Waals surface area contributed by atoms with E-state index in [-0.39, 0.29) is 12.1 Å². The second-order valence-electron chi connectivity index (χ2n) is 7.32. The molecule has 1 aromatic heterocycles. The molecule has 0 radical (unpaired) electrons. The Morgan fingerprint density at radius 2 is 2.08 bits per heavy atom. The van der Waals surface area contributed by atoms with Gasteiger partial charge in [0.05, 0.1) is 25.9 Å². The van der Waals surface area contributed by atoms with E-state index >= 15 is 0 Å². The largest absolute Gasteiger partial charge is 0.393 e. The lowest BCUT2D eigenvalue weighted by atomic mass is 9.94. The number of hydrogen-bond acceptors (Lipinski definition) is 5. The van der Waals surface area contributed by atoms with Crippen molar-refractivity contribution in [3.8, 4) is 11.3 Å². The van der Waals surface area contributed by atoms with Gasteiger partial charge in [0.25, 0.3) is 0 Å². The average molecular weight is 342 g/mol. The average Bonchev–Trinajstić information content (AvgIpc) is 3.25. The molecular weight excluding hydrogens is 316 g/mol. The van der Waals surface area contributed by atoms with Gasteiger partial charge in [-0.2, -0.15) is 0 Å². The first-order chi connectivity index (χ1) is 12.2. The van der Waals surface area contributed by atoms with Crippen molar-refractivity contribution in [3.05, 3.63) is 41.7 Å². The summed E-state index contributed by atoms with van der Waals surface area (Å²) in [7, 11) is 0. The van der Waals surface area contributed by atoms with Gasteiger partial charge in [0.15, 0.2) is 5.76 Å². The number of aromatic nitrogens is 1. The summed E-state index contributed by atoms with van der Waals surface area (Å²) in [4.78, 5) is 2.39. The monoisotopic (exact) mass is 342 g/mol. The van der Waals surface area contributed by atoms with Crippen LogP contribution in [0.25, 0.3) is 11.3 Å². The summed E-state index contributed by atoms with van der Waals surface area (Å²) in [6.45, 7) is 5.09. The Kier molecular flexibility index (Phi) is 4.88. The Morgan fingerprint density at radius 3 is 2.84 bits per heavy atom. The molecule has 134 valence electrons. The Balaban J connectivity index is 1.47. The van der Waals surface area contributed by atoms with Crippen molar-refractivity contribution in [2.24, 2.45) is 5.92 Å². The Morgan fingerprint density at radius 1 is 1.24 bits per heavy atom. The van der Waals surface area contributed by atoms with Crippen LogP contribution in [-0.4, -0.2) is 47.1 Å². The van der Waals surface area contributed by atoms with Crippen molar-refractivity contribution in [2.75, 3.05) is 19.8 Å². The van der Waals surface area contributed by atoms with Crippen molar-refractivity contribution < 1.29 is 14.4 Å². The minimum absolute atomic E-state index is 0.202. The first kappa shape index (κ1) is 16.8. The zero-order chi connectivity index (χ0) is 17.2. The van der Waals surface area contributed by atoms with Gasteiger partial charge in [-0.05, 0) is 19.8 Å². The molecular formula is C20H26N2O3. The van der Waals surface area contributed by atoms with Gasteiger partial charge in [0.2, 0.25) is 0 Å². The number of hydrogen-bond donors (Lipinski definition) is 1. The summed E-state index contributed by atoms with van der Waals surface area (Å²) < 4.78 is 11.3. The molecule has 2 fully saturated rings. The molecule has 1 saturated heterocycles. The highest BCUT2D eigenvalue weighted by atomic mass is 16.5. The maximum atomic E-state index is 10.3. The van der Waals surface area contributed by atoms with Crippen molar-refractivity contribution in [2.45, 2.75) is 44.9 Å². The zero-order valence-corrected chi connectivity index (χ0v) is 14.7. The molecule has 4 rings (SSSR count). The topological polar surface area (TPSA) is 58.7 Å². The summed E-state index contributed by atoms with van der Waals surface area (Å²) in [6, 6.07) is 10.6. The van der Waals surface area contributed by atoms with E-state index in [1.54, 1.807) is 0 Å². The quantitative estimate of drug-likeness (QED) is 0.925. The van der Waals surface area contributed by atoms with Crippen LogP contribution in [0.2, 0.25) is 0 Å². The normalized spacial score (nSPS) is 27.7. The number of rotatable bonds is 4. The molecule has 0 spiro atoms. The van der Waals surface area contributed by atoms with Crippen LogP contribution in [0.15, 0.2) is 34.9 Å². The molecule has 0 bridgehead atoms. The van der Waals surface area contributed by atoms with E-state index in [0.717, 1.165) is 56.0 Å². The number of ether oxygens (including phenoxy) is 1. The van der Waals surface area contributed by atoms with Crippen LogP contribution >= 0.6 is 0 Å². The minimum atomic E-state index is -0.202. The Labute approximate surface area is 148 Å². The number of aliphatic hydroxyl groups is 1.